The maximum Gasteiger partial charge on any atom is 0.331 e. The second-order valence-corrected chi connectivity index (χ2v) is 7.18. The van der Waals surface area contributed by atoms with Crippen LogP contribution in [0.4, 0.5) is 4.39 Å². The summed E-state index contributed by atoms with van der Waals surface area (Å²) in [4.78, 5) is 12.5. The summed E-state index contributed by atoms with van der Waals surface area (Å²) in [5, 5.41) is 9.47. The van der Waals surface area contributed by atoms with Gasteiger partial charge < -0.3 is 9.47 Å². The molecule has 6 heteroatoms. The van der Waals surface area contributed by atoms with E-state index in [1.54, 1.807) is 45.0 Å². The summed E-state index contributed by atoms with van der Waals surface area (Å²) in [7, 11) is 1.53. The van der Waals surface area contributed by atoms with Gasteiger partial charge in [-0.25, -0.2) is 4.39 Å². The van der Waals surface area contributed by atoms with Crippen molar-refractivity contribution in [3.63, 3.8) is 0 Å². The zero-order chi connectivity index (χ0) is 17.5. The highest BCUT2D eigenvalue weighted by Crippen LogP contribution is 2.71. The fourth-order valence-electron chi connectivity index (χ4n) is 2.84. The smallest absolute Gasteiger partial charge is 0.331 e. The third kappa shape index (κ3) is 2.72. The second kappa shape index (κ2) is 5.79. The molecule has 0 spiro atoms. The maximum absolute atomic E-state index is 15.3. The van der Waals surface area contributed by atoms with Crippen LogP contribution in [0, 0.1) is 16.7 Å². The van der Waals surface area contributed by atoms with Gasteiger partial charge in [-0.05, 0) is 38.5 Å². The van der Waals surface area contributed by atoms with E-state index < -0.39 is 28.6 Å². The standard InChI is InChI=1S/C17H19BrFNO3/c1-15(2,3)23-14(21)16(10-20)13(17(16,19)9-18)11-5-7-12(22-4)8-6-11/h5-8,13H,9H2,1-4H3/t13-,16?,17-/m0/s1. The lowest BCUT2D eigenvalue weighted by Gasteiger charge is -2.22. The summed E-state index contributed by atoms with van der Waals surface area (Å²) in [6.45, 7) is 5.07. The van der Waals surface area contributed by atoms with E-state index in [0.717, 1.165) is 0 Å². The summed E-state index contributed by atoms with van der Waals surface area (Å²) in [6, 6.07) is 8.58. The Kier molecular flexibility index (Phi) is 4.46. The number of carbonyl (C=O) groups excluding carboxylic acids is 1. The van der Waals surface area contributed by atoms with Crippen LogP contribution in [0.2, 0.25) is 0 Å². The van der Waals surface area contributed by atoms with E-state index in [9.17, 15) is 10.1 Å². The molecule has 0 aromatic heterocycles. The summed E-state index contributed by atoms with van der Waals surface area (Å²) in [5.74, 6) is -1.08. The predicted molar refractivity (Wildman–Crippen MR) is 87.3 cm³/mol. The number of benzene rings is 1. The lowest BCUT2D eigenvalue weighted by atomic mass is 9.99. The van der Waals surface area contributed by atoms with Gasteiger partial charge in [0.05, 0.1) is 19.1 Å². The van der Waals surface area contributed by atoms with Crippen molar-refractivity contribution < 1.29 is 18.7 Å². The number of ether oxygens (including phenoxy) is 2. The molecule has 3 atom stereocenters. The van der Waals surface area contributed by atoms with Gasteiger partial charge in [-0.3, -0.25) is 4.79 Å². The lowest BCUT2D eigenvalue weighted by molar-refractivity contribution is -0.160. The highest BCUT2D eigenvalue weighted by Gasteiger charge is 2.84. The van der Waals surface area contributed by atoms with Gasteiger partial charge in [-0.15, -0.1) is 0 Å². The second-order valence-electron chi connectivity index (χ2n) is 6.62. The van der Waals surface area contributed by atoms with Gasteiger partial charge in [0.25, 0.3) is 0 Å². The molecule has 23 heavy (non-hydrogen) atoms. The predicted octanol–water partition coefficient (Wildman–Crippen LogP) is 3.75. The Morgan fingerprint density at radius 1 is 1.39 bits per heavy atom. The molecule has 0 N–H and O–H groups in total. The topological polar surface area (TPSA) is 59.3 Å². The minimum Gasteiger partial charge on any atom is -0.497 e. The van der Waals surface area contributed by atoms with Gasteiger partial charge in [0.15, 0.2) is 11.1 Å². The summed E-state index contributed by atoms with van der Waals surface area (Å²) in [5.41, 5.74) is -4.06. The SMILES string of the molecule is COc1ccc([C@H]2C(C#N)(C(=O)OC(C)(C)C)[C@]2(F)CBr)cc1. The Morgan fingerprint density at radius 2 is 1.96 bits per heavy atom. The summed E-state index contributed by atoms with van der Waals surface area (Å²) < 4.78 is 25.7. The first kappa shape index (κ1) is 17.7. The third-order valence-corrected chi connectivity index (χ3v) is 4.82. The van der Waals surface area contributed by atoms with Crippen molar-refractivity contribution in [2.45, 2.75) is 38.0 Å². The van der Waals surface area contributed by atoms with Crippen molar-refractivity contribution >= 4 is 21.9 Å². The molecule has 1 aliphatic carbocycles. The Bertz CT molecular complexity index is 649. The van der Waals surface area contributed by atoms with Crippen LogP contribution in [0.5, 0.6) is 5.75 Å². The van der Waals surface area contributed by atoms with Crippen molar-refractivity contribution in [1.29, 1.82) is 5.26 Å². The van der Waals surface area contributed by atoms with Gasteiger partial charge in [-0.2, -0.15) is 5.26 Å². The van der Waals surface area contributed by atoms with Crippen LogP contribution in [-0.4, -0.2) is 29.7 Å². The van der Waals surface area contributed by atoms with Crippen molar-refractivity contribution in [3.8, 4) is 11.8 Å². The van der Waals surface area contributed by atoms with Gasteiger partial charge >= 0.3 is 5.97 Å². The maximum atomic E-state index is 15.3. The molecule has 2 rings (SSSR count). The minimum atomic E-state index is -2.00. The molecule has 0 heterocycles. The van der Waals surface area contributed by atoms with Crippen molar-refractivity contribution in [2.75, 3.05) is 12.4 Å². The molecular formula is C17H19BrFNO3. The molecule has 4 nitrogen and oxygen atoms in total. The molecule has 0 bridgehead atoms. The zero-order valence-corrected chi connectivity index (χ0v) is 15.1. The molecular weight excluding hydrogens is 365 g/mol. The first-order chi connectivity index (χ1) is 10.7. The molecule has 1 aliphatic rings. The highest BCUT2D eigenvalue weighted by atomic mass is 79.9. The lowest BCUT2D eigenvalue weighted by Crippen LogP contribution is -2.33. The van der Waals surface area contributed by atoms with Crippen LogP contribution in [0.3, 0.4) is 0 Å². The number of alkyl halides is 2. The van der Waals surface area contributed by atoms with Crippen LogP contribution < -0.4 is 4.74 Å². The van der Waals surface area contributed by atoms with Gasteiger partial charge in [0, 0.05) is 5.33 Å². The molecule has 1 aromatic carbocycles. The monoisotopic (exact) mass is 383 g/mol. The largest absolute Gasteiger partial charge is 0.497 e. The number of methoxy groups -OCH3 is 1. The molecule has 0 amide bonds. The van der Waals surface area contributed by atoms with Crippen molar-refractivity contribution in [1.82, 2.24) is 0 Å². The summed E-state index contributed by atoms with van der Waals surface area (Å²) in [6.07, 6.45) is 0. The van der Waals surface area contributed by atoms with Crippen molar-refractivity contribution in [3.05, 3.63) is 29.8 Å². The number of nitrogens with zero attached hydrogens (tertiary/aromatic N) is 1. The van der Waals surface area contributed by atoms with Gasteiger partial charge in [-0.1, -0.05) is 28.1 Å². The molecule has 0 aliphatic heterocycles. The fraction of sp³-hybridized carbons (Fsp3) is 0.529. The third-order valence-electron chi connectivity index (χ3n) is 4.00. The summed E-state index contributed by atoms with van der Waals surface area (Å²) >= 11 is 3.10. The van der Waals surface area contributed by atoms with Gasteiger partial charge in [0.2, 0.25) is 0 Å². The molecule has 1 fully saturated rings. The number of hydrogen-bond donors (Lipinski definition) is 0. The average Bonchev–Trinajstić information content (AvgIpc) is 3.07. The van der Waals surface area contributed by atoms with Gasteiger partial charge in [0.1, 0.15) is 11.4 Å². The molecule has 0 saturated heterocycles. The number of hydrogen-bond acceptors (Lipinski definition) is 4. The number of esters is 1. The normalized spacial score (nSPS) is 29.5. The minimum absolute atomic E-state index is 0.122. The van der Waals surface area contributed by atoms with Crippen LogP contribution in [-0.2, 0) is 9.53 Å². The molecule has 1 aromatic rings. The Morgan fingerprint density at radius 3 is 2.35 bits per heavy atom. The Balaban J connectivity index is 2.42. The number of rotatable bonds is 4. The van der Waals surface area contributed by atoms with E-state index in [1.807, 2.05) is 6.07 Å². The number of halogens is 2. The molecule has 1 saturated carbocycles. The number of nitriles is 1. The highest BCUT2D eigenvalue weighted by molar-refractivity contribution is 9.09. The molecule has 0 radical (unpaired) electrons. The van der Waals surface area contributed by atoms with E-state index in [2.05, 4.69) is 15.9 Å². The van der Waals surface area contributed by atoms with Crippen LogP contribution >= 0.6 is 15.9 Å². The van der Waals surface area contributed by atoms with E-state index >= 15 is 4.39 Å². The first-order valence-corrected chi connectivity index (χ1v) is 8.32. The zero-order valence-electron chi connectivity index (χ0n) is 13.5. The quantitative estimate of drug-likeness (QED) is 0.586. The van der Waals surface area contributed by atoms with Crippen molar-refractivity contribution in [2.24, 2.45) is 5.41 Å². The van der Waals surface area contributed by atoms with E-state index in [-0.39, 0.29) is 5.33 Å². The Hall–Kier alpha value is -1.61. The first-order valence-electron chi connectivity index (χ1n) is 7.20. The van der Waals surface area contributed by atoms with Crippen LogP contribution in [0.15, 0.2) is 24.3 Å². The van der Waals surface area contributed by atoms with Crippen LogP contribution in [0.1, 0.15) is 32.3 Å². The Labute approximate surface area is 143 Å². The number of carbonyl (C=O) groups is 1. The molecule has 124 valence electrons. The average molecular weight is 384 g/mol. The fourth-order valence-corrected chi connectivity index (χ4v) is 3.61. The van der Waals surface area contributed by atoms with E-state index in [1.165, 1.54) is 7.11 Å². The molecule has 1 unspecified atom stereocenters. The van der Waals surface area contributed by atoms with E-state index in [0.29, 0.717) is 11.3 Å². The van der Waals surface area contributed by atoms with E-state index in [4.69, 9.17) is 9.47 Å². The van der Waals surface area contributed by atoms with Crippen LogP contribution in [0.25, 0.3) is 0 Å².